The SMILES string of the molecule is O=C(O)Cc1nc(CCOc2cccc(F)c2)no1. The van der Waals surface area contributed by atoms with Crippen molar-refractivity contribution in [1.82, 2.24) is 10.1 Å². The van der Waals surface area contributed by atoms with Crippen molar-refractivity contribution < 1.29 is 23.6 Å². The zero-order chi connectivity index (χ0) is 13.7. The highest BCUT2D eigenvalue weighted by atomic mass is 19.1. The molecule has 1 aromatic carbocycles. The third-order valence-corrected chi connectivity index (χ3v) is 2.20. The number of carboxylic acid groups (broad SMARTS) is 1. The summed E-state index contributed by atoms with van der Waals surface area (Å²) in [6, 6.07) is 5.77. The Bertz CT molecular complexity index is 570. The van der Waals surface area contributed by atoms with Gasteiger partial charge >= 0.3 is 5.97 Å². The van der Waals surface area contributed by atoms with E-state index in [4.69, 9.17) is 14.4 Å². The number of rotatable bonds is 6. The molecule has 0 atom stereocenters. The number of carbonyl (C=O) groups is 1. The summed E-state index contributed by atoms with van der Waals surface area (Å²) in [5.74, 6) is -0.595. The molecule has 6 nitrogen and oxygen atoms in total. The molecule has 0 amide bonds. The van der Waals surface area contributed by atoms with E-state index >= 15 is 0 Å². The Morgan fingerprint density at radius 1 is 1.47 bits per heavy atom. The van der Waals surface area contributed by atoms with E-state index in [1.54, 1.807) is 12.1 Å². The minimum absolute atomic E-state index is 0.0493. The van der Waals surface area contributed by atoms with Crippen molar-refractivity contribution in [3.63, 3.8) is 0 Å². The van der Waals surface area contributed by atoms with Crippen molar-refractivity contribution in [2.24, 2.45) is 0 Å². The Balaban J connectivity index is 1.82. The number of aromatic nitrogens is 2. The van der Waals surface area contributed by atoms with Crippen molar-refractivity contribution in [2.75, 3.05) is 6.61 Å². The Kier molecular flexibility index (Phi) is 4.07. The van der Waals surface area contributed by atoms with E-state index < -0.39 is 5.97 Å². The van der Waals surface area contributed by atoms with Gasteiger partial charge in [0.25, 0.3) is 0 Å². The summed E-state index contributed by atoms with van der Waals surface area (Å²) in [7, 11) is 0. The van der Waals surface area contributed by atoms with Crippen LogP contribution >= 0.6 is 0 Å². The van der Waals surface area contributed by atoms with Gasteiger partial charge in [-0.2, -0.15) is 4.98 Å². The van der Waals surface area contributed by atoms with E-state index in [1.165, 1.54) is 12.1 Å². The maximum Gasteiger partial charge on any atom is 0.312 e. The first kappa shape index (κ1) is 13.0. The molecule has 0 radical (unpaired) electrons. The third kappa shape index (κ3) is 4.06. The van der Waals surface area contributed by atoms with Gasteiger partial charge in [0.2, 0.25) is 5.89 Å². The van der Waals surface area contributed by atoms with E-state index in [0.29, 0.717) is 18.0 Å². The number of ether oxygens (including phenoxy) is 1. The van der Waals surface area contributed by atoms with E-state index in [0.717, 1.165) is 0 Å². The topological polar surface area (TPSA) is 85.5 Å². The van der Waals surface area contributed by atoms with Gasteiger partial charge in [-0.25, -0.2) is 4.39 Å². The van der Waals surface area contributed by atoms with Crippen LogP contribution < -0.4 is 4.74 Å². The predicted octanol–water partition coefficient (Wildman–Crippen LogP) is 1.46. The van der Waals surface area contributed by atoms with Crippen molar-refractivity contribution in [1.29, 1.82) is 0 Å². The summed E-state index contributed by atoms with van der Waals surface area (Å²) in [6.07, 6.45) is 0.0391. The second-order valence-corrected chi connectivity index (χ2v) is 3.73. The Morgan fingerprint density at radius 2 is 2.32 bits per heavy atom. The molecule has 0 saturated carbocycles. The number of hydrogen-bond acceptors (Lipinski definition) is 5. The van der Waals surface area contributed by atoms with Crippen molar-refractivity contribution in [2.45, 2.75) is 12.8 Å². The largest absolute Gasteiger partial charge is 0.493 e. The summed E-state index contributed by atoms with van der Waals surface area (Å²) in [4.78, 5) is 14.3. The minimum atomic E-state index is -1.04. The van der Waals surface area contributed by atoms with Crippen molar-refractivity contribution in [3.8, 4) is 5.75 Å². The lowest BCUT2D eigenvalue weighted by molar-refractivity contribution is -0.136. The van der Waals surface area contributed by atoms with Crippen LogP contribution in [0.25, 0.3) is 0 Å². The molecule has 0 fully saturated rings. The quantitative estimate of drug-likeness (QED) is 0.851. The molecular formula is C12H11FN2O4. The van der Waals surface area contributed by atoms with Crippen LogP contribution in [0.3, 0.4) is 0 Å². The maximum absolute atomic E-state index is 12.9. The van der Waals surface area contributed by atoms with Gasteiger partial charge in [0, 0.05) is 12.5 Å². The zero-order valence-electron chi connectivity index (χ0n) is 9.88. The van der Waals surface area contributed by atoms with Gasteiger partial charge < -0.3 is 14.4 Å². The highest BCUT2D eigenvalue weighted by molar-refractivity contribution is 5.68. The van der Waals surface area contributed by atoms with E-state index in [2.05, 4.69) is 10.1 Å². The normalized spacial score (nSPS) is 10.4. The molecule has 0 aliphatic heterocycles. The second kappa shape index (κ2) is 5.94. The monoisotopic (exact) mass is 266 g/mol. The molecule has 0 saturated heterocycles. The van der Waals surface area contributed by atoms with Gasteiger partial charge in [0.1, 0.15) is 18.0 Å². The van der Waals surface area contributed by atoms with Crippen molar-refractivity contribution in [3.05, 3.63) is 41.8 Å². The van der Waals surface area contributed by atoms with E-state index in [9.17, 15) is 9.18 Å². The first-order valence-corrected chi connectivity index (χ1v) is 5.55. The van der Waals surface area contributed by atoms with Crippen LogP contribution in [0, 0.1) is 5.82 Å². The highest BCUT2D eigenvalue weighted by Gasteiger charge is 2.10. The van der Waals surface area contributed by atoms with Crippen LogP contribution in [0.1, 0.15) is 11.7 Å². The summed E-state index contributed by atoms with van der Waals surface area (Å²) >= 11 is 0. The van der Waals surface area contributed by atoms with Crippen LogP contribution in [0.15, 0.2) is 28.8 Å². The number of carboxylic acids is 1. The smallest absolute Gasteiger partial charge is 0.312 e. The fourth-order valence-corrected chi connectivity index (χ4v) is 1.41. The lowest BCUT2D eigenvalue weighted by Gasteiger charge is -2.03. The van der Waals surface area contributed by atoms with Gasteiger partial charge in [0.15, 0.2) is 5.82 Å². The summed E-state index contributed by atoms with van der Waals surface area (Å²) in [5, 5.41) is 12.2. The number of halogens is 1. The predicted molar refractivity (Wildman–Crippen MR) is 61.2 cm³/mol. The van der Waals surface area contributed by atoms with Gasteiger partial charge in [-0.15, -0.1) is 0 Å². The Hall–Kier alpha value is -2.44. The van der Waals surface area contributed by atoms with Crippen LogP contribution in [0.4, 0.5) is 4.39 Å². The lowest BCUT2D eigenvalue weighted by atomic mass is 10.3. The van der Waals surface area contributed by atoms with Crippen LogP contribution in [0.2, 0.25) is 0 Å². The summed E-state index contributed by atoms with van der Waals surface area (Å²) in [6.45, 7) is 0.246. The van der Waals surface area contributed by atoms with Crippen LogP contribution in [-0.4, -0.2) is 27.8 Å². The number of benzene rings is 1. The summed E-state index contributed by atoms with van der Waals surface area (Å²) in [5.41, 5.74) is 0. The molecule has 1 aromatic heterocycles. The van der Waals surface area contributed by atoms with Gasteiger partial charge in [-0.05, 0) is 12.1 Å². The molecular weight excluding hydrogens is 255 g/mol. The molecule has 0 aliphatic rings. The molecule has 0 spiro atoms. The van der Waals surface area contributed by atoms with Gasteiger partial charge in [-0.3, -0.25) is 4.79 Å². The molecule has 7 heteroatoms. The minimum Gasteiger partial charge on any atom is -0.493 e. The number of aliphatic carboxylic acids is 1. The average Bonchev–Trinajstić information content (AvgIpc) is 2.76. The fourth-order valence-electron chi connectivity index (χ4n) is 1.41. The molecule has 100 valence electrons. The molecule has 0 bridgehead atoms. The second-order valence-electron chi connectivity index (χ2n) is 3.73. The third-order valence-electron chi connectivity index (χ3n) is 2.20. The Morgan fingerprint density at radius 3 is 3.05 bits per heavy atom. The molecule has 0 aliphatic carbocycles. The molecule has 2 aromatic rings. The molecule has 19 heavy (non-hydrogen) atoms. The van der Waals surface area contributed by atoms with Gasteiger partial charge in [-0.1, -0.05) is 11.2 Å². The first-order chi connectivity index (χ1) is 9.13. The van der Waals surface area contributed by atoms with Gasteiger partial charge in [0.05, 0.1) is 6.61 Å². The lowest BCUT2D eigenvalue weighted by Crippen LogP contribution is -2.04. The fraction of sp³-hybridized carbons (Fsp3) is 0.250. The standard InChI is InChI=1S/C12H11FN2O4/c13-8-2-1-3-9(6-8)18-5-4-10-14-11(19-15-10)7-12(16)17/h1-3,6H,4-5,7H2,(H,16,17). The molecule has 1 heterocycles. The first-order valence-electron chi connectivity index (χ1n) is 5.55. The van der Waals surface area contributed by atoms with Crippen LogP contribution in [-0.2, 0) is 17.6 Å². The average molecular weight is 266 g/mol. The molecule has 2 rings (SSSR count). The number of nitrogens with zero attached hydrogens (tertiary/aromatic N) is 2. The molecule has 1 N–H and O–H groups in total. The summed E-state index contributed by atoms with van der Waals surface area (Å²) < 4.78 is 22.9. The van der Waals surface area contributed by atoms with E-state index in [1.807, 2.05) is 0 Å². The Labute approximate surface area is 107 Å². The highest BCUT2D eigenvalue weighted by Crippen LogP contribution is 2.12. The van der Waals surface area contributed by atoms with E-state index in [-0.39, 0.29) is 24.7 Å². The molecule has 0 unspecified atom stereocenters. The van der Waals surface area contributed by atoms with Crippen LogP contribution in [0.5, 0.6) is 5.75 Å². The number of hydrogen-bond donors (Lipinski definition) is 1. The van der Waals surface area contributed by atoms with Crippen molar-refractivity contribution >= 4 is 5.97 Å². The zero-order valence-corrected chi connectivity index (χ0v) is 9.88. The maximum atomic E-state index is 12.9.